The molecule has 62 heavy (non-hydrogen) atoms. The first-order valence-corrected chi connectivity index (χ1v) is 21.5. The average Bonchev–Trinajstić information content (AvgIpc) is 3.88. The molecular formula is C34H43N9O17P2. The van der Waals surface area contributed by atoms with Gasteiger partial charge in [0.1, 0.15) is 48.2 Å². The zero-order valence-electron chi connectivity index (χ0n) is 32.3. The normalized spacial score (nSPS) is 25.4. The van der Waals surface area contributed by atoms with E-state index in [1.807, 2.05) is 0 Å². The molecule has 2 aliphatic rings. The fourth-order valence-electron chi connectivity index (χ4n) is 6.89. The molecule has 0 spiro atoms. The van der Waals surface area contributed by atoms with Gasteiger partial charge in [0, 0.05) is 12.6 Å². The van der Waals surface area contributed by atoms with Crippen LogP contribution in [0.3, 0.4) is 0 Å². The topological polar surface area (TPSA) is 379 Å². The lowest BCUT2D eigenvalue weighted by molar-refractivity contribution is -0.159. The minimum Gasteiger partial charge on any atom is -0.480 e. The SMILES string of the molecule is C=CCCC(=O)N(C1C(COP(=O)(O)O[C@H]2[C@@H](O)[C@H](n3ccc(N)nc3=O)O[C@@H]2COP(=O)(O)O)OC(n2cnc3c(N)ncnc32)C1O)[C@H](COCc1ccccc1)C(=O)O. The fraction of sp³-hybridized carbons (Fsp3) is 0.441. The number of hydrogen-bond donors (Lipinski definition) is 8. The van der Waals surface area contributed by atoms with E-state index in [-0.39, 0.29) is 42.2 Å². The second-order valence-corrected chi connectivity index (χ2v) is 16.5. The summed E-state index contributed by atoms with van der Waals surface area (Å²) < 4.78 is 59.9. The Morgan fingerprint density at radius 2 is 1.66 bits per heavy atom. The van der Waals surface area contributed by atoms with Crippen LogP contribution < -0.4 is 17.2 Å². The van der Waals surface area contributed by atoms with Crippen molar-refractivity contribution in [3.8, 4) is 0 Å². The third-order valence-electron chi connectivity index (χ3n) is 9.68. The highest BCUT2D eigenvalue weighted by molar-refractivity contribution is 7.47. The van der Waals surface area contributed by atoms with Crippen LogP contribution in [0.1, 0.15) is 30.9 Å². The standard InChI is InChI=1S/C34H43N9O17P2/c1-2-3-9-23(44)43(19(33(47)48)13-55-12-18-7-5-4-6-8-18)25-20(58-31(26(25)45)42-17-39-24-29(36)37-16-38-30(24)42)14-57-62(53,54)60-28-21(15-56-61(50,51)52)59-32(27(28)46)41-11-10-22(35)40-34(41)49/h2,4-8,10-11,16-17,19-21,25-28,31-32,45-46H,1,3,9,12-15H2,(H,47,48)(H,53,54)(H2,35,40,49)(H2,36,37,38)(H2,50,51,52)/t19-,20?,21-,25?,26?,27-,28-,31?,32-/m1/s1. The minimum absolute atomic E-state index is 0.0406. The molecular weight excluding hydrogens is 868 g/mol. The molecule has 0 radical (unpaired) electrons. The van der Waals surface area contributed by atoms with Gasteiger partial charge in [0.2, 0.25) is 5.91 Å². The van der Waals surface area contributed by atoms with Gasteiger partial charge in [-0.15, -0.1) is 6.58 Å². The maximum Gasteiger partial charge on any atom is 0.472 e. The Labute approximate surface area is 350 Å². The fourth-order valence-corrected chi connectivity index (χ4v) is 8.19. The molecule has 26 nitrogen and oxygen atoms in total. The molecule has 4 aromatic rings. The number of nitrogens with two attached hydrogens (primary N) is 2. The van der Waals surface area contributed by atoms with Crippen LogP contribution in [0.2, 0.25) is 0 Å². The number of fused-ring (bicyclic) bond motifs is 1. The summed E-state index contributed by atoms with van der Waals surface area (Å²) in [5, 5.41) is 33.8. The molecule has 6 rings (SSSR count). The number of carboxylic acids is 1. The van der Waals surface area contributed by atoms with E-state index in [0.29, 0.717) is 5.56 Å². The molecule has 2 fully saturated rings. The number of carboxylic acid groups (broad SMARTS) is 1. The number of phosphoric ester groups is 2. The molecule has 2 aliphatic heterocycles. The van der Waals surface area contributed by atoms with Crippen molar-refractivity contribution in [3.63, 3.8) is 0 Å². The summed E-state index contributed by atoms with van der Waals surface area (Å²) >= 11 is 0. The van der Waals surface area contributed by atoms with Crippen molar-refractivity contribution in [2.45, 2.75) is 74.5 Å². The number of aromatic nitrogens is 6. The van der Waals surface area contributed by atoms with Crippen molar-refractivity contribution < 1.29 is 76.5 Å². The number of imidazole rings is 1. The zero-order valence-corrected chi connectivity index (χ0v) is 34.1. The van der Waals surface area contributed by atoms with Gasteiger partial charge >= 0.3 is 27.3 Å². The number of aliphatic hydroxyl groups is 2. The lowest BCUT2D eigenvalue weighted by Crippen LogP contribution is -2.59. The lowest BCUT2D eigenvalue weighted by Gasteiger charge is -2.37. The number of amides is 1. The molecule has 336 valence electrons. The van der Waals surface area contributed by atoms with Crippen molar-refractivity contribution in [1.29, 1.82) is 0 Å². The van der Waals surface area contributed by atoms with Gasteiger partial charge in [-0.1, -0.05) is 36.4 Å². The Morgan fingerprint density at radius 1 is 0.968 bits per heavy atom. The van der Waals surface area contributed by atoms with Gasteiger partial charge in [-0.05, 0) is 18.1 Å². The Kier molecular flexibility index (Phi) is 14.7. The first kappa shape index (κ1) is 46.5. The predicted octanol–water partition coefficient (Wildman–Crippen LogP) is -0.791. The molecule has 1 amide bonds. The first-order chi connectivity index (χ1) is 29.4. The van der Waals surface area contributed by atoms with Gasteiger partial charge in [-0.2, -0.15) is 4.98 Å². The van der Waals surface area contributed by atoms with Crippen molar-refractivity contribution in [2.24, 2.45) is 0 Å². The second-order valence-electron chi connectivity index (χ2n) is 13.8. The largest absolute Gasteiger partial charge is 0.480 e. The van der Waals surface area contributed by atoms with Crippen molar-refractivity contribution in [2.75, 3.05) is 31.3 Å². The third kappa shape index (κ3) is 10.8. The molecule has 5 unspecified atom stereocenters. The van der Waals surface area contributed by atoms with Gasteiger partial charge in [0.05, 0.1) is 38.8 Å². The third-order valence-corrected chi connectivity index (χ3v) is 11.1. The molecule has 3 aromatic heterocycles. The van der Waals surface area contributed by atoms with Crippen LogP contribution in [0.15, 0.2) is 72.7 Å². The lowest BCUT2D eigenvalue weighted by atomic mass is 10.0. The molecule has 10 N–H and O–H groups in total. The summed E-state index contributed by atoms with van der Waals surface area (Å²) in [6, 6.07) is 6.40. The average molecular weight is 912 g/mol. The van der Waals surface area contributed by atoms with Crippen LogP contribution in [0.4, 0.5) is 11.6 Å². The molecule has 0 aliphatic carbocycles. The number of carbonyl (C=O) groups is 2. The van der Waals surface area contributed by atoms with E-state index in [9.17, 15) is 53.5 Å². The second kappa shape index (κ2) is 19.6. The predicted molar refractivity (Wildman–Crippen MR) is 209 cm³/mol. The van der Waals surface area contributed by atoms with Gasteiger partial charge in [-0.3, -0.25) is 27.5 Å². The van der Waals surface area contributed by atoms with E-state index < -0.39 is 108 Å². The Morgan fingerprint density at radius 3 is 2.34 bits per heavy atom. The molecule has 1 aromatic carbocycles. The number of phosphoric acid groups is 2. The summed E-state index contributed by atoms with van der Waals surface area (Å²) in [5.41, 5.74) is 11.3. The number of nitrogens with zero attached hydrogens (tertiary/aromatic N) is 7. The number of rotatable bonds is 20. The zero-order chi connectivity index (χ0) is 44.9. The van der Waals surface area contributed by atoms with Crippen LogP contribution in [-0.2, 0) is 53.1 Å². The van der Waals surface area contributed by atoms with Gasteiger partial charge < -0.3 is 60.6 Å². The number of benzene rings is 1. The number of hydrogen-bond acceptors (Lipinski definition) is 19. The van der Waals surface area contributed by atoms with Crippen LogP contribution >= 0.6 is 15.6 Å². The Bertz CT molecular complexity index is 2390. The Balaban J connectivity index is 1.32. The van der Waals surface area contributed by atoms with Gasteiger partial charge in [0.15, 0.2) is 30.0 Å². The van der Waals surface area contributed by atoms with Crippen LogP contribution in [0.25, 0.3) is 11.2 Å². The quantitative estimate of drug-likeness (QED) is 0.0398. The van der Waals surface area contributed by atoms with Crippen LogP contribution in [-0.4, -0.2) is 138 Å². The summed E-state index contributed by atoms with van der Waals surface area (Å²) in [5.74, 6) is -2.60. The van der Waals surface area contributed by atoms with E-state index >= 15 is 0 Å². The highest BCUT2D eigenvalue weighted by Gasteiger charge is 2.54. The van der Waals surface area contributed by atoms with Crippen LogP contribution in [0.5, 0.6) is 0 Å². The Hall–Kier alpha value is -5.05. The first-order valence-electron chi connectivity index (χ1n) is 18.5. The summed E-state index contributed by atoms with van der Waals surface area (Å²) in [4.78, 5) is 86.0. The number of anilines is 2. The monoisotopic (exact) mass is 911 g/mol. The van der Waals surface area contributed by atoms with Crippen molar-refractivity contribution >= 4 is 50.3 Å². The number of ether oxygens (including phenoxy) is 3. The summed E-state index contributed by atoms with van der Waals surface area (Å²) in [7, 11) is -10.7. The number of nitrogen functional groups attached to an aromatic ring is 2. The maximum absolute atomic E-state index is 14.1. The highest BCUT2D eigenvalue weighted by atomic mass is 31.2. The number of allylic oxidation sites excluding steroid dienone is 1. The number of carbonyl (C=O) groups excluding carboxylic acids is 1. The number of aliphatic hydroxyl groups excluding tert-OH is 2. The van der Waals surface area contributed by atoms with E-state index in [1.54, 1.807) is 30.3 Å². The van der Waals surface area contributed by atoms with E-state index in [2.05, 4.69) is 31.0 Å². The summed E-state index contributed by atoms with van der Waals surface area (Å²) in [6.07, 6.45) is -7.99. The van der Waals surface area contributed by atoms with E-state index in [1.165, 1.54) is 17.0 Å². The molecule has 0 bridgehead atoms. The molecule has 10 atom stereocenters. The number of aliphatic carboxylic acids is 1. The molecule has 28 heteroatoms. The van der Waals surface area contributed by atoms with E-state index in [0.717, 1.165) is 28.1 Å². The van der Waals surface area contributed by atoms with Gasteiger partial charge in [-0.25, -0.2) is 33.7 Å². The smallest absolute Gasteiger partial charge is 0.472 e. The van der Waals surface area contributed by atoms with Crippen molar-refractivity contribution in [1.82, 2.24) is 34.0 Å². The highest BCUT2D eigenvalue weighted by Crippen LogP contribution is 2.50. The maximum atomic E-state index is 14.1. The molecule has 0 saturated carbocycles. The minimum atomic E-state index is -5.50. The molecule has 5 heterocycles. The van der Waals surface area contributed by atoms with Crippen LogP contribution in [0, 0.1) is 0 Å². The summed E-state index contributed by atoms with van der Waals surface area (Å²) in [6.45, 7) is 0.879. The molecule has 2 saturated heterocycles. The van der Waals surface area contributed by atoms with Crippen molar-refractivity contribution in [3.05, 3.63) is 84.0 Å². The van der Waals surface area contributed by atoms with E-state index in [4.69, 9.17) is 34.7 Å². The van der Waals surface area contributed by atoms with Gasteiger partial charge in [0.25, 0.3) is 0 Å².